The maximum atomic E-state index is 14.0. The number of hydrogen-bond acceptors (Lipinski definition) is 9. The summed E-state index contributed by atoms with van der Waals surface area (Å²) in [6.07, 6.45) is -5.05. The Bertz CT molecular complexity index is 1750. The summed E-state index contributed by atoms with van der Waals surface area (Å²) in [5.41, 5.74) is 3.04. The molecule has 14 heteroatoms. The molecule has 1 atom stereocenters. The Morgan fingerprint density at radius 3 is 2.42 bits per heavy atom. The minimum atomic E-state index is -4.60. The highest BCUT2D eigenvalue weighted by Crippen LogP contribution is 2.41. The van der Waals surface area contributed by atoms with Gasteiger partial charge in [-0.25, -0.2) is 14.7 Å². The molecule has 0 saturated carbocycles. The van der Waals surface area contributed by atoms with Crippen LogP contribution in [0.3, 0.4) is 0 Å². The van der Waals surface area contributed by atoms with Crippen molar-refractivity contribution in [1.82, 2.24) is 14.8 Å². The minimum absolute atomic E-state index is 0.135. The number of nitrogens with one attached hydrogen (secondary N) is 4. The van der Waals surface area contributed by atoms with Crippen molar-refractivity contribution in [3.05, 3.63) is 77.3 Å². The third-order valence-electron chi connectivity index (χ3n) is 7.46. The average molecular weight is 640 g/mol. The van der Waals surface area contributed by atoms with E-state index in [4.69, 9.17) is 4.74 Å². The molecular weight excluding hydrogens is 607 g/mol. The van der Waals surface area contributed by atoms with Crippen molar-refractivity contribution in [2.45, 2.75) is 38.5 Å². The molecule has 2 aliphatic rings. The number of thiazole rings is 1. The number of nitrogens with zero attached hydrogens (tertiary/aromatic N) is 3. The number of carbonyl (C=O) groups excluding carboxylic acids is 2. The van der Waals surface area contributed by atoms with Gasteiger partial charge in [-0.1, -0.05) is 12.1 Å². The molecule has 6 rings (SSSR count). The lowest BCUT2D eigenvalue weighted by atomic mass is 10.1. The summed E-state index contributed by atoms with van der Waals surface area (Å²) in [5, 5.41) is 12.6. The van der Waals surface area contributed by atoms with Crippen molar-refractivity contribution in [2.24, 2.45) is 0 Å². The molecule has 45 heavy (non-hydrogen) atoms. The maximum Gasteiger partial charge on any atom is 0.418 e. The van der Waals surface area contributed by atoms with Gasteiger partial charge in [0.2, 0.25) is 5.91 Å². The number of carbonyl (C=O) groups is 2. The van der Waals surface area contributed by atoms with Crippen LogP contribution in [-0.2, 0) is 10.9 Å². The smallest absolute Gasteiger partial charge is 0.418 e. The Labute approximate surface area is 261 Å². The number of ether oxygens (including phenoxy) is 1. The first kappa shape index (κ1) is 30.5. The van der Waals surface area contributed by atoms with Crippen molar-refractivity contribution < 1.29 is 27.5 Å². The van der Waals surface area contributed by atoms with E-state index < -0.39 is 29.3 Å². The van der Waals surface area contributed by atoms with Crippen LogP contribution in [0, 0.1) is 0 Å². The van der Waals surface area contributed by atoms with E-state index in [-0.39, 0.29) is 24.7 Å². The first-order valence-corrected chi connectivity index (χ1v) is 15.2. The van der Waals surface area contributed by atoms with Crippen LogP contribution in [-0.4, -0.2) is 64.5 Å². The van der Waals surface area contributed by atoms with Gasteiger partial charge in [0.25, 0.3) is 5.91 Å². The number of benzene rings is 3. The van der Waals surface area contributed by atoms with Crippen LogP contribution in [0.25, 0.3) is 10.2 Å². The van der Waals surface area contributed by atoms with Gasteiger partial charge in [0.05, 0.1) is 38.4 Å². The predicted octanol–water partition coefficient (Wildman–Crippen LogP) is 6.68. The van der Waals surface area contributed by atoms with Gasteiger partial charge in [-0.3, -0.25) is 4.79 Å². The van der Waals surface area contributed by atoms with Crippen molar-refractivity contribution >= 4 is 56.3 Å². The lowest BCUT2D eigenvalue weighted by molar-refractivity contribution is -0.137. The number of amides is 2. The first-order valence-electron chi connectivity index (χ1n) is 14.3. The zero-order valence-corrected chi connectivity index (χ0v) is 25.6. The molecule has 0 aliphatic carbocycles. The van der Waals surface area contributed by atoms with E-state index in [0.717, 1.165) is 16.3 Å². The van der Waals surface area contributed by atoms with Crippen molar-refractivity contribution in [1.29, 1.82) is 0 Å². The topological polar surface area (TPSA) is 111 Å². The SMILES string of the molecule is CC(C)(C)OC(=O)N1CCN(C2(Nc3ccccc3C(F)(F)F)Nc3ccc(C(=O)Nc4ccc5ncsc5c4)cc3N2)CC1. The van der Waals surface area contributed by atoms with Crippen LogP contribution in [0.5, 0.6) is 0 Å². The molecule has 2 aliphatic heterocycles. The fourth-order valence-corrected chi connectivity index (χ4v) is 6.06. The van der Waals surface area contributed by atoms with Crippen LogP contribution in [0.1, 0.15) is 36.7 Å². The number of halogens is 3. The second-order valence-electron chi connectivity index (χ2n) is 11.8. The summed E-state index contributed by atoms with van der Waals surface area (Å²) < 4.78 is 48.5. The number of piperazine rings is 1. The third-order valence-corrected chi connectivity index (χ3v) is 8.25. The molecule has 4 N–H and O–H groups in total. The molecule has 1 unspecified atom stereocenters. The van der Waals surface area contributed by atoms with E-state index in [2.05, 4.69) is 26.3 Å². The highest BCUT2D eigenvalue weighted by molar-refractivity contribution is 7.16. The summed E-state index contributed by atoms with van der Waals surface area (Å²) in [5.74, 6) is -1.75. The molecule has 0 spiro atoms. The summed E-state index contributed by atoms with van der Waals surface area (Å²) in [7, 11) is 0. The van der Waals surface area contributed by atoms with Crippen LogP contribution in [0.2, 0.25) is 0 Å². The first-order chi connectivity index (χ1) is 21.3. The molecule has 0 radical (unpaired) electrons. The van der Waals surface area contributed by atoms with Gasteiger partial charge in [-0.2, -0.15) is 13.2 Å². The Morgan fingerprint density at radius 1 is 0.956 bits per heavy atom. The number of hydrogen-bond donors (Lipinski definition) is 4. The summed E-state index contributed by atoms with van der Waals surface area (Å²) in [6.45, 7) is 6.55. The fraction of sp³-hybridized carbons (Fsp3) is 0.323. The fourth-order valence-electron chi connectivity index (χ4n) is 5.34. The van der Waals surface area contributed by atoms with Crippen molar-refractivity contribution in [2.75, 3.05) is 47.4 Å². The molecule has 3 aromatic carbocycles. The number of anilines is 4. The van der Waals surface area contributed by atoms with Crippen LogP contribution in [0.15, 0.2) is 66.2 Å². The lowest BCUT2D eigenvalue weighted by Crippen LogP contribution is -2.67. The van der Waals surface area contributed by atoms with E-state index in [1.54, 1.807) is 55.4 Å². The standard InChI is InChI=1S/C31H32F3N7O3S/c1-29(2,3)44-28(43)40-12-14-41(15-13-40)31(37-22-7-5-4-6-21(22)30(32,33)34)38-23-10-8-19(16-25(23)39-31)27(42)36-20-9-11-24-26(17-20)45-18-35-24/h4-11,16-18,37-39H,12-15H2,1-3H3,(H,36,42). The Morgan fingerprint density at radius 2 is 1.69 bits per heavy atom. The summed E-state index contributed by atoms with van der Waals surface area (Å²) in [6, 6.07) is 15.7. The van der Waals surface area contributed by atoms with E-state index in [9.17, 15) is 22.8 Å². The molecule has 0 bridgehead atoms. The number of alkyl halides is 3. The molecule has 1 fully saturated rings. The number of fused-ring (bicyclic) bond motifs is 2. The molecule has 4 aromatic rings. The van der Waals surface area contributed by atoms with Gasteiger partial charge in [0, 0.05) is 37.4 Å². The van der Waals surface area contributed by atoms with Crippen LogP contribution < -0.4 is 21.3 Å². The highest BCUT2D eigenvalue weighted by Gasteiger charge is 2.46. The molecule has 1 aromatic heterocycles. The van der Waals surface area contributed by atoms with Crippen LogP contribution >= 0.6 is 11.3 Å². The van der Waals surface area contributed by atoms with E-state index in [1.165, 1.54) is 29.5 Å². The van der Waals surface area contributed by atoms with Gasteiger partial charge in [0.15, 0.2) is 0 Å². The number of para-hydroxylation sites is 1. The maximum absolute atomic E-state index is 14.0. The molecular formula is C31H32F3N7O3S. The largest absolute Gasteiger partial charge is 0.444 e. The molecule has 236 valence electrons. The Kier molecular flexibility index (Phi) is 7.73. The van der Waals surface area contributed by atoms with E-state index in [0.29, 0.717) is 35.7 Å². The number of rotatable bonds is 5. The van der Waals surface area contributed by atoms with E-state index >= 15 is 0 Å². The Hall–Kier alpha value is -4.56. The molecule has 3 heterocycles. The Balaban J connectivity index is 1.26. The molecule has 1 saturated heterocycles. The lowest BCUT2D eigenvalue weighted by Gasteiger charge is -2.46. The van der Waals surface area contributed by atoms with Gasteiger partial charge >= 0.3 is 12.3 Å². The van der Waals surface area contributed by atoms with Gasteiger partial charge in [0.1, 0.15) is 5.60 Å². The van der Waals surface area contributed by atoms with E-state index in [1.807, 2.05) is 17.0 Å². The second-order valence-corrected chi connectivity index (χ2v) is 12.7. The normalized spacial score (nSPS) is 18.6. The quantitative estimate of drug-likeness (QED) is 0.192. The molecule has 10 nitrogen and oxygen atoms in total. The highest BCUT2D eigenvalue weighted by atomic mass is 32.1. The van der Waals surface area contributed by atoms with Crippen molar-refractivity contribution in [3.8, 4) is 0 Å². The zero-order valence-electron chi connectivity index (χ0n) is 24.8. The van der Waals surface area contributed by atoms with Crippen LogP contribution in [0.4, 0.5) is 40.7 Å². The zero-order chi connectivity index (χ0) is 32.0. The average Bonchev–Trinajstić information content (AvgIpc) is 3.60. The molecule has 2 amide bonds. The summed E-state index contributed by atoms with van der Waals surface area (Å²) >= 11 is 1.47. The van der Waals surface area contributed by atoms with Gasteiger partial charge < -0.3 is 30.9 Å². The minimum Gasteiger partial charge on any atom is -0.444 e. The van der Waals surface area contributed by atoms with Gasteiger partial charge in [-0.05, 0) is 69.3 Å². The summed E-state index contributed by atoms with van der Waals surface area (Å²) in [4.78, 5) is 33.7. The van der Waals surface area contributed by atoms with Crippen molar-refractivity contribution in [3.63, 3.8) is 0 Å². The monoisotopic (exact) mass is 639 g/mol. The predicted molar refractivity (Wildman–Crippen MR) is 168 cm³/mol. The second kappa shape index (κ2) is 11.4. The number of aromatic nitrogens is 1. The van der Waals surface area contributed by atoms with Gasteiger partial charge in [-0.15, -0.1) is 11.3 Å². The third kappa shape index (κ3) is 6.47.